The molecule has 0 bridgehead atoms. The minimum absolute atomic E-state index is 0.132. The summed E-state index contributed by atoms with van der Waals surface area (Å²) in [6.07, 6.45) is -0.132. The summed E-state index contributed by atoms with van der Waals surface area (Å²) in [7, 11) is 0.767. The third kappa shape index (κ3) is 8.69. The monoisotopic (exact) mass is 661 g/mol. The summed E-state index contributed by atoms with van der Waals surface area (Å²) in [5.74, 6) is -3.26. The van der Waals surface area contributed by atoms with Crippen molar-refractivity contribution in [3.05, 3.63) is 71.0 Å². The van der Waals surface area contributed by atoms with Gasteiger partial charge < -0.3 is 19.2 Å². The molecule has 4 rings (SSSR count). The van der Waals surface area contributed by atoms with Crippen molar-refractivity contribution >= 4 is 21.6 Å². The van der Waals surface area contributed by atoms with Gasteiger partial charge in [-0.2, -0.15) is 0 Å². The van der Waals surface area contributed by atoms with Crippen LogP contribution in [-0.2, 0) is 9.16 Å². The molecule has 13 heteroatoms. The minimum atomic E-state index is -1.52. The van der Waals surface area contributed by atoms with Crippen molar-refractivity contribution in [1.29, 1.82) is 0 Å². The lowest BCUT2D eigenvalue weighted by atomic mass is 9.94. The second-order valence-corrected chi connectivity index (χ2v) is 15.4. The number of para-hydroxylation sites is 1. The molecule has 0 unspecified atom stereocenters. The molecular formula is C33H46F3N5O4Si. The molecule has 1 aliphatic rings. The highest BCUT2D eigenvalue weighted by molar-refractivity contribution is 6.32. The summed E-state index contributed by atoms with van der Waals surface area (Å²) in [4.78, 5) is 15.6. The molecule has 0 spiro atoms. The summed E-state index contributed by atoms with van der Waals surface area (Å²) in [5.41, 5.74) is 1.60. The summed E-state index contributed by atoms with van der Waals surface area (Å²) in [6.45, 7) is 14.8. The Labute approximate surface area is 271 Å². The number of anilines is 1. The molecule has 0 radical (unpaired) electrons. The highest BCUT2D eigenvalue weighted by Crippen LogP contribution is 2.34. The number of nitrogens with one attached hydrogen (secondary N) is 2. The molecule has 2 N–H and O–H groups in total. The first-order chi connectivity index (χ1) is 21.8. The Hall–Kier alpha value is -3.39. The Morgan fingerprint density at radius 1 is 1.11 bits per heavy atom. The molecule has 2 heterocycles. The molecule has 3 atom stereocenters. The number of methoxy groups -OCH3 is 1. The van der Waals surface area contributed by atoms with Crippen molar-refractivity contribution in [1.82, 2.24) is 20.0 Å². The van der Waals surface area contributed by atoms with Crippen LogP contribution in [0.4, 0.5) is 23.8 Å². The second-order valence-electron chi connectivity index (χ2n) is 13.0. The summed E-state index contributed by atoms with van der Waals surface area (Å²) >= 11 is 0. The maximum Gasteiger partial charge on any atom is 0.320 e. The Balaban J connectivity index is 1.52. The molecule has 46 heavy (non-hydrogen) atoms. The minimum Gasteiger partial charge on any atom is -0.474 e. The van der Waals surface area contributed by atoms with E-state index in [1.54, 1.807) is 11.8 Å². The van der Waals surface area contributed by atoms with Gasteiger partial charge in [0.1, 0.15) is 12.4 Å². The molecule has 3 aromatic rings. The molecule has 2 amide bonds. The average molecular weight is 662 g/mol. The van der Waals surface area contributed by atoms with E-state index < -0.39 is 45.2 Å². The lowest BCUT2D eigenvalue weighted by molar-refractivity contribution is 0.137. The SMILES string of the molecule is COCCN1C[C@@H](NC(=O)Nc2c(C)c(OC[C@H](C)O[SiH2]C(C)(C)C(C)C)nn2-c2ccccc2)[C@H](c2cc(F)c(F)c(F)c2)C1. The lowest BCUT2D eigenvalue weighted by Gasteiger charge is -2.29. The molecule has 0 aliphatic carbocycles. The first-order valence-electron chi connectivity index (χ1n) is 15.6. The van der Waals surface area contributed by atoms with Gasteiger partial charge in [0, 0.05) is 32.7 Å². The zero-order valence-corrected chi connectivity index (χ0v) is 29.1. The van der Waals surface area contributed by atoms with E-state index in [4.69, 9.17) is 13.9 Å². The molecule has 1 saturated heterocycles. The van der Waals surface area contributed by atoms with Crippen LogP contribution in [0.15, 0.2) is 42.5 Å². The molecule has 252 valence electrons. The number of aromatic nitrogens is 2. The number of rotatable bonds is 14. The predicted molar refractivity (Wildman–Crippen MR) is 175 cm³/mol. The molecule has 2 aromatic carbocycles. The maximum atomic E-state index is 14.2. The normalized spacial score (nSPS) is 18.1. The number of carbonyl (C=O) groups is 1. The van der Waals surface area contributed by atoms with E-state index in [2.05, 4.69) is 43.4 Å². The Bertz CT molecular complexity index is 1450. The topological polar surface area (TPSA) is 89.9 Å². The molecule has 1 fully saturated rings. The summed E-state index contributed by atoms with van der Waals surface area (Å²) in [5, 5.41) is 10.7. The van der Waals surface area contributed by atoms with Crippen LogP contribution in [0.5, 0.6) is 5.88 Å². The number of benzene rings is 2. The standard InChI is InChI=1S/C33H46F3N5O4Si/c1-20(2)33(5,6)46-45-21(3)19-44-31-22(4)30(41(39-31)24-11-9-8-10-12-24)38-32(42)37-28-18-40(13-14-43-7)17-25(28)23-15-26(34)29(36)27(35)16-23/h8-12,15-16,20-21,25,28H,13-14,17-19,46H2,1-7H3,(H2,37,38,42)/t21-,25-,28+/m0/s1. The van der Waals surface area contributed by atoms with Gasteiger partial charge in [0.2, 0.25) is 5.88 Å². The number of hydrogen-bond donors (Lipinski definition) is 2. The number of nitrogens with zero attached hydrogens (tertiary/aromatic N) is 3. The van der Waals surface area contributed by atoms with Gasteiger partial charge in [-0.25, -0.2) is 22.6 Å². The number of amides is 2. The fourth-order valence-corrected chi connectivity index (χ4v) is 6.30. The molecular weight excluding hydrogens is 615 g/mol. The van der Waals surface area contributed by atoms with Gasteiger partial charge in [0.25, 0.3) is 0 Å². The van der Waals surface area contributed by atoms with Gasteiger partial charge in [-0.15, -0.1) is 5.10 Å². The van der Waals surface area contributed by atoms with Crippen molar-refractivity contribution in [3.63, 3.8) is 0 Å². The van der Waals surface area contributed by atoms with Gasteiger partial charge in [0.15, 0.2) is 27.2 Å². The summed E-state index contributed by atoms with van der Waals surface area (Å²) < 4.78 is 61.2. The quantitative estimate of drug-likeness (QED) is 0.174. The highest BCUT2D eigenvalue weighted by Gasteiger charge is 2.36. The van der Waals surface area contributed by atoms with Crippen LogP contribution in [0.3, 0.4) is 0 Å². The zero-order chi connectivity index (χ0) is 33.6. The molecule has 1 aliphatic heterocycles. The van der Waals surface area contributed by atoms with E-state index in [1.165, 1.54) is 0 Å². The van der Waals surface area contributed by atoms with Crippen molar-refractivity contribution in [3.8, 4) is 11.6 Å². The first kappa shape index (κ1) is 35.5. The van der Waals surface area contributed by atoms with E-state index >= 15 is 0 Å². The van der Waals surface area contributed by atoms with Gasteiger partial charge >= 0.3 is 6.03 Å². The average Bonchev–Trinajstić information content (AvgIpc) is 3.56. The van der Waals surface area contributed by atoms with Crippen molar-refractivity contribution in [2.45, 2.75) is 64.6 Å². The zero-order valence-electron chi connectivity index (χ0n) is 27.7. The van der Waals surface area contributed by atoms with Crippen LogP contribution < -0.4 is 15.4 Å². The van der Waals surface area contributed by atoms with Crippen molar-refractivity contribution in [2.24, 2.45) is 5.92 Å². The third-order valence-electron chi connectivity index (χ3n) is 8.83. The Morgan fingerprint density at radius 2 is 1.78 bits per heavy atom. The number of ether oxygens (including phenoxy) is 2. The van der Waals surface area contributed by atoms with Crippen LogP contribution in [0, 0.1) is 30.3 Å². The van der Waals surface area contributed by atoms with Gasteiger partial charge in [0.05, 0.1) is 30.0 Å². The van der Waals surface area contributed by atoms with Crippen molar-refractivity contribution < 1.29 is 31.9 Å². The van der Waals surface area contributed by atoms with Gasteiger partial charge in [-0.1, -0.05) is 45.9 Å². The molecule has 9 nitrogen and oxygen atoms in total. The smallest absolute Gasteiger partial charge is 0.320 e. The third-order valence-corrected chi connectivity index (χ3v) is 11.1. The number of hydrogen-bond acceptors (Lipinski definition) is 6. The lowest BCUT2D eigenvalue weighted by Crippen LogP contribution is -2.42. The Morgan fingerprint density at radius 3 is 2.41 bits per heavy atom. The van der Waals surface area contributed by atoms with Crippen LogP contribution in [-0.4, -0.2) is 82.6 Å². The predicted octanol–water partition coefficient (Wildman–Crippen LogP) is 5.56. The van der Waals surface area contributed by atoms with Gasteiger partial charge in [-0.3, -0.25) is 10.2 Å². The van der Waals surface area contributed by atoms with Crippen LogP contribution >= 0.6 is 0 Å². The first-order valence-corrected chi connectivity index (χ1v) is 16.9. The molecule has 1 aromatic heterocycles. The largest absolute Gasteiger partial charge is 0.474 e. The molecule has 0 saturated carbocycles. The second kappa shape index (κ2) is 15.5. The summed E-state index contributed by atoms with van der Waals surface area (Å²) in [6, 6.07) is 10.3. The highest BCUT2D eigenvalue weighted by atomic mass is 28.2. The van der Waals surface area contributed by atoms with Gasteiger partial charge in [-0.05, 0) is 54.6 Å². The van der Waals surface area contributed by atoms with E-state index in [0.717, 1.165) is 12.1 Å². The van der Waals surface area contributed by atoms with E-state index in [9.17, 15) is 18.0 Å². The van der Waals surface area contributed by atoms with Crippen LogP contribution in [0.25, 0.3) is 5.69 Å². The van der Waals surface area contributed by atoms with E-state index in [-0.39, 0.29) is 16.7 Å². The van der Waals surface area contributed by atoms with E-state index in [1.807, 2.05) is 49.1 Å². The van der Waals surface area contributed by atoms with Crippen molar-refractivity contribution in [2.75, 3.05) is 45.3 Å². The number of urea groups is 1. The fraction of sp³-hybridized carbons (Fsp3) is 0.515. The maximum absolute atomic E-state index is 14.2. The number of likely N-dealkylation sites (tertiary alicyclic amines) is 1. The number of carbonyl (C=O) groups excluding carboxylic acids is 1. The van der Waals surface area contributed by atoms with E-state index in [0.29, 0.717) is 61.7 Å². The van der Waals surface area contributed by atoms with Crippen LogP contribution in [0.2, 0.25) is 5.04 Å². The fourth-order valence-electron chi connectivity index (χ4n) is 5.16. The van der Waals surface area contributed by atoms with Crippen LogP contribution in [0.1, 0.15) is 51.7 Å². The number of halogens is 3. The Kier molecular flexibility index (Phi) is 11.9.